The lowest BCUT2D eigenvalue weighted by Gasteiger charge is -2.30. The van der Waals surface area contributed by atoms with Crippen LogP contribution in [0.4, 0.5) is 11.4 Å². The van der Waals surface area contributed by atoms with Crippen molar-refractivity contribution in [2.45, 2.75) is 76.7 Å². The van der Waals surface area contributed by atoms with Gasteiger partial charge in [-0.3, -0.25) is 14.4 Å². The number of hydrogen-bond donors (Lipinski definition) is 3. The van der Waals surface area contributed by atoms with Gasteiger partial charge in [0.2, 0.25) is 23.6 Å². The molecule has 0 radical (unpaired) electrons. The third kappa shape index (κ3) is 6.18. The maximum atomic E-state index is 12.4. The molecule has 2 aliphatic carbocycles. The van der Waals surface area contributed by atoms with E-state index in [0.29, 0.717) is 23.8 Å². The molecule has 9 nitrogen and oxygen atoms in total. The van der Waals surface area contributed by atoms with Gasteiger partial charge in [0, 0.05) is 37.1 Å². The Hall–Kier alpha value is -3.23. The first-order chi connectivity index (χ1) is 15.9. The van der Waals surface area contributed by atoms with Crippen molar-refractivity contribution in [3.8, 4) is 0 Å². The van der Waals surface area contributed by atoms with Crippen molar-refractivity contribution in [1.82, 2.24) is 15.5 Å². The number of carbonyl (C=O) groups is 3. The molecule has 2 saturated carbocycles. The third-order valence-electron chi connectivity index (χ3n) is 6.22. The van der Waals surface area contributed by atoms with Crippen LogP contribution in [0.1, 0.15) is 76.4 Å². The van der Waals surface area contributed by atoms with Crippen molar-refractivity contribution < 1.29 is 18.9 Å². The van der Waals surface area contributed by atoms with Crippen LogP contribution < -0.4 is 16.0 Å². The zero-order valence-corrected chi connectivity index (χ0v) is 19.0. The molecule has 4 rings (SSSR count). The molecule has 176 valence electrons. The number of nitrogens with zero attached hydrogens (tertiary/aromatic N) is 2. The van der Waals surface area contributed by atoms with E-state index in [2.05, 4.69) is 26.1 Å². The van der Waals surface area contributed by atoms with Crippen LogP contribution in [-0.4, -0.2) is 27.9 Å². The van der Waals surface area contributed by atoms with E-state index in [1.807, 2.05) is 0 Å². The highest BCUT2D eigenvalue weighted by atomic mass is 16.5. The average molecular weight is 454 g/mol. The van der Waals surface area contributed by atoms with Gasteiger partial charge in [-0.2, -0.15) is 4.98 Å². The van der Waals surface area contributed by atoms with Crippen molar-refractivity contribution >= 4 is 29.1 Å². The number of rotatable bonds is 8. The van der Waals surface area contributed by atoms with Crippen molar-refractivity contribution in [3.63, 3.8) is 0 Å². The van der Waals surface area contributed by atoms with E-state index in [1.165, 1.54) is 6.92 Å². The summed E-state index contributed by atoms with van der Waals surface area (Å²) >= 11 is 0. The number of benzene rings is 1. The molecule has 2 aliphatic rings. The molecule has 2 fully saturated rings. The molecule has 1 heterocycles. The molecule has 2 aromatic rings. The summed E-state index contributed by atoms with van der Waals surface area (Å²) in [6.07, 6.45) is 8.21. The Bertz CT molecular complexity index is 989. The first-order valence-corrected chi connectivity index (χ1v) is 11.8. The second-order valence-electron chi connectivity index (χ2n) is 9.08. The van der Waals surface area contributed by atoms with Gasteiger partial charge >= 0.3 is 0 Å². The summed E-state index contributed by atoms with van der Waals surface area (Å²) < 4.78 is 5.41. The molecule has 1 aromatic heterocycles. The molecule has 9 heteroatoms. The minimum Gasteiger partial charge on any atom is -0.343 e. The van der Waals surface area contributed by atoms with Crippen molar-refractivity contribution in [1.29, 1.82) is 0 Å². The van der Waals surface area contributed by atoms with Crippen LogP contribution in [0.2, 0.25) is 0 Å². The van der Waals surface area contributed by atoms with Gasteiger partial charge in [-0.25, -0.2) is 0 Å². The quantitative estimate of drug-likeness (QED) is 0.524. The second-order valence-corrected chi connectivity index (χ2v) is 9.08. The number of anilines is 2. The lowest BCUT2D eigenvalue weighted by Crippen LogP contribution is -2.45. The van der Waals surface area contributed by atoms with E-state index in [1.54, 1.807) is 24.3 Å². The van der Waals surface area contributed by atoms with Crippen molar-refractivity contribution in [2.24, 2.45) is 5.92 Å². The Morgan fingerprint density at radius 1 is 1.00 bits per heavy atom. The van der Waals surface area contributed by atoms with Crippen LogP contribution in [-0.2, 0) is 26.3 Å². The summed E-state index contributed by atoms with van der Waals surface area (Å²) in [4.78, 5) is 40.6. The first kappa shape index (κ1) is 22.9. The maximum Gasteiger partial charge on any atom is 0.227 e. The standard InChI is InChI=1S/C24H31N5O4/c1-16(30)28-24(14-4-2-3-5-15-24)23-27-21(33-29-23)13-12-20(31)25-18-8-10-19(11-9-18)26-22(32)17-6-7-17/h8-11,17H,2-7,12-15H2,1H3,(H,25,31)(H,26,32)(H,28,30). The zero-order chi connectivity index (χ0) is 23.3. The highest BCUT2D eigenvalue weighted by molar-refractivity contribution is 5.95. The topological polar surface area (TPSA) is 126 Å². The van der Waals surface area contributed by atoms with Crippen LogP contribution in [0.3, 0.4) is 0 Å². The first-order valence-electron chi connectivity index (χ1n) is 11.8. The largest absolute Gasteiger partial charge is 0.343 e. The van der Waals surface area contributed by atoms with Gasteiger partial charge < -0.3 is 20.5 Å². The monoisotopic (exact) mass is 453 g/mol. The Morgan fingerprint density at radius 3 is 2.24 bits per heavy atom. The Balaban J connectivity index is 1.30. The molecule has 0 bridgehead atoms. The number of nitrogens with one attached hydrogen (secondary N) is 3. The van der Waals surface area contributed by atoms with Gasteiger partial charge in [0.1, 0.15) is 5.54 Å². The van der Waals surface area contributed by atoms with Crippen molar-refractivity contribution in [2.75, 3.05) is 10.6 Å². The molecular weight excluding hydrogens is 422 g/mol. The van der Waals surface area contributed by atoms with Crippen molar-refractivity contribution in [3.05, 3.63) is 36.0 Å². The molecular formula is C24H31N5O4. The molecule has 0 spiro atoms. The molecule has 0 unspecified atom stereocenters. The summed E-state index contributed by atoms with van der Waals surface area (Å²) in [7, 11) is 0. The summed E-state index contributed by atoms with van der Waals surface area (Å²) in [5.41, 5.74) is 0.775. The van der Waals surface area contributed by atoms with Gasteiger partial charge in [0.05, 0.1) is 0 Å². The SMILES string of the molecule is CC(=O)NC1(c2noc(CCC(=O)Nc3ccc(NC(=O)C4CC4)cc3)n2)CCCCCC1. The smallest absolute Gasteiger partial charge is 0.227 e. The summed E-state index contributed by atoms with van der Waals surface area (Å²) in [6, 6.07) is 7.06. The lowest BCUT2D eigenvalue weighted by molar-refractivity contribution is -0.121. The van der Waals surface area contributed by atoms with Crippen LogP contribution in [0.15, 0.2) is 28.8 Å². The molecule has 0 saturated heterocycles. The number of amides is 3. The summed E-state index contributed by atoms with van der Waals surface area (Å²) in [6.45, 7) is 1.51. The molecule has 3 N–H and O–H groups in total. The zero-order valence-electron chi connectivity index (χ0n) is 19.0. The van der Waals surface area contributed by atoms with Crippen LogP contribution in [0.5, 0.6) is 0 Å². The van der Waals surface area contributed by atoms with Gasteiger partial charge in [-0.05, 0) is 49.9 Å². The Morgan fingerprint density at radius 2 is 1.64 bits per heavy atom. The molecule has 33 heavy (non-hydrogen) atoms. The number of hydrogen-bond acceptors (Lipinski definition) is 6. The van der Waals surface area contributed by atoms with Crippen LogP contribution in [0.25, 0.3) is 0 Å². The maximum absolute atomic E-state index is 12.4. The van der Waals surface area contributed by atoms with Gasteiger partial charge in [0.15, 0.2) is 5.82 Å². The number of aromatic nitrogens is 2. The number of aryl methyl sites for hydroxylation is 1. The van der Waals surface area contributed by atoms with E-state index in [0.717, 1.165) is 57.1 Å². The van der Waals surface area contributed by atoms with E-state index >= 15 is 0 Å². The van der Waals surface area contributed by atoms with Crippen LogP contribution >= 0.6 is 0 Å². The fourth-order valence-electron chi connectivity index (χ4n) is 4.30. The normalized spacial score (nSPS) is 17.6. The fourth-order valence-corrected chi connectivity index (χ4v) is 4.30. The minimum absolute atomic E-state index is 0.0508. The van der Waals surface area contributed by atoms with E-state index in [4.69, 9.17) is 4.52 Å². The molecule has 0 atom stereocenters. The van der Waals surface area contributed by atoms with E-state index < -0.39 is 5.54 Å². The molecule has 0 aliphatic heterocycles. The van der Waals surface area contributed by atoms with Gasteiger partial charge in [0.25, 0.3) is 0 Å². The molecule has 3 amide bonds. The second kappa shape index (κ2) is 10.1. The number of carbonyl (C=O) groups excluding carboxylic acids is 3. The summed E-state index contributed by atoms with van der Waals surface area (Å²) in [5, 5.41) is 12.9. The van der Waals surface area contributed by atoms with Crippen LogP contribution in [0, 0.1) is 5.92 Å². The summed E-state index contributed by atoms with van der Waals surface area (Å²) in [5.74, 6) is 0.794. The predicted octanol–water partition coefficient (Wildman–Crippen LogP) is 3.68. The average Bonchev–Trinajstić information content (AvgIpc) is 3.57. The minimum atomic E-state index is -0.594. The Kier molecular flexibility index (Phi) is 7.05. The molecule has 1 aromatic carbocycles. The van der Waals surface area contributed by atoms with Gasteiger partial charge in [-0.15, -0.1) is 0 Å². The third-order valence-corrected chi connectivity index (χ3v) is 6.22. The van der Waals surface area contributed by atoms with E-state index in [9.17, 15) is 14.4 Å². The Labute approximate surface area is 193 Å². The highest BCUT2D eigenvalue weighted by Gasteiger charge is 2.38. The van der Waals surface area contributed by atoms with E-state index in [-0.39, 0.29) is 30.1 Å². The predicted molar refractivity (Wildman–Crippen MR) is 122 cm³/mol. The fraction of sp³-hybridized carbons (Fsp3) is 0.542. The highest BCUT2D eigenvalue weighted by Crippen LogP contribution is 2.34. The van der Waals surface area contributed by atoms with Gasteiger partial charge in [-0.1, -0.05) is 30.8 Å². The lowest BCUT2D eigenvalue weighted by atomic mass is 9.89.